The molecule has 2 atom stereocenters. The highest BCUT2D eigenvalue weighted by atomic mass is 31.2. The van der Waals surface area contributed by atoms with Crippen LogP contribution in [0, 0.1) is 0 Å². The summed E-state index contributed by atoms with van der Waals surface area (Å²) in [6.45, 7) is 4.53. The van der Waals surface area contributed by atoms with E-state index in [2.05, 4.69) is 26.0 Å². The summed E-state index contributed by atoms with van der Waals surface area (Å²) in [4.78, 5) is 36.0. The molecule has 0 aromatic heterocycles. The number of quaternary nitrogens is 1. The number of carbonyl (C=O) groups is 2. The topological polar surface area (TPSA) is 108 Å². The second-order valence-electron chi connectivity index (χ2n) is 28.5. The summed E-state index contributed by atoms with van der Waals surface area (Å²) in [5.74, 6) is -0.768. The summed E-state index contributed by atoms with van der Waals surface area (Å²) in [5, 5.41) is 0. The van der Waals surface area contributed by atoms with Crippen LogP contribution in [0.25, 0.3) is 0 Å². The summed E-state index contributed by atoms with van der Waals surface area (Å²) in [6, 6.07) is 0. The molecule has 524 valence electrons. The van der Waals surface area contributed by atoms with E-state index in [0.29, 0.717) is 17.4 Å². The lowest BCUT2D eigenvalue weighted by atomic mass is 10.0. The zero-order valence-corrected chi connectivity index (χ0v) is 60.9. The molecule has 0 fully saturated rings. The van der Waals surface area contributed by atoms with E-state index in [9.17, 15) is 19.0 Å². The van der Waals surface area contributed by atoms with E-state index in [4.69, 9.17) is 18.5 Å². The standard InChI is InChI=1S/C78H154NO8P/c1-6-8-10-12-14-16-18-20-22-24-26-28-30-32-34-36-37-38-39-40-41-43-44-46-48-50-52-54-56-58-60-62-64-66-68-70-77(80)84-74-76(75-86-88(82,83)85-73-72-79(3,4)5)87-78(81)71-69-67-65-63-61-59-57-55-53-51-49-47-45-42-35-33-31-29-27-25-23-21-19-17-15-13-11-9-7-2/h25,27,76H,6-24,26,28-75H2,1-5H3/p+1/b27-25-. The van der Waals surface area contributed by atoms with E-state index in [1.54, 1.807) is 0 Å². The van der Waals surface area contributed by atoms with Gasteiger partial charge in [-0.25, -0.2) is 4.57 Å². The summed E-state index contributed by atoms with van der Waals surface area (Å²) in [6.07, 6.45) is 87.9. The maximum Gasteiger partial charge on any atom is 0.472 e. The van der Waals surface area contributed by atoms with E-state index in [-0.39, 0.29) is 25.6 Å². The third-order valence-corrected chi connectivity index (χ3v) is 19.3. The summed E-state index contributed by atoms with van der Waals surface area (Å²) < 4.78 is 34.8. The molecule has 0 aliphatic heterocycles. The molecule has 0 aliphatic rings. The zero-order chi connectivity index (χ0) is 64.1. The second kappa shape index (κ2) is 70.1. The van der Waals surface area contributed by atoms with Crippen LogP contribution in [-0.4, -0.2) is 74.9 Å². The molecule has 9 nitrogen and oxygen atoms in total. The number of ether oxygens (including phenoxy) is 2. The molecule has 0 saturated heterocycles. The zero-order valence-electron chi connectivity index (χ0n) is 60.0. The van der Waals surface area contributed by atoms with Crippen molar-refractivity contribution >= 4 is 19.8 Å². The smallest absolute Gasteiger partial charge is 0.462 e. The van der Waals surface area contributed by atoms with Crippen LogP contribution in [0.2, 0.25) is 0 Å². The van der Waals surface area contributed by atoms with E-state index in [1.807, 2.05) is 21.1 Å². The average Bonchev–Trinajstić information content (AvgIpc) is 3.68. The van der Waals surface area contributed by atoms with Crippen molar-refractivity contribution < 1.29 is 42.1 Å². The Morgan fingerprint density at radius 3 is 0.841 bits per heavy atom. The van der Waals surface area contributed by atoms with Gasteiger partial charge in [-0.2, -0.15) is 0 Å². The first kappa shape index (κ1) is 86.8. The number of unbranched alkanes of at least 4 members (excludes halogenated alkanes) is 59. The third kappa shape index (κ3) is 73.8. The monoisotopic (exact) mass is 1270 g/mol. The molecule has 10 heteroatoms. The van der Waals surface area contributed by atoms with Gasteiger partial charge in [0.25, 0.3) is 0 Å². The summed E-state index contributed by atoms with van der Waals surface area (Å²) in [7, 11) is 1.51. The number of rotatable bonds is 75. The van der Waals surface area contributed by atoms with Crippen molar-refractivity contribution in [3.8, 4) is 0 Å². The lowest BCUT2D eigenvalue weighted by molar-refractivity contribution is -0.870. The van der Waals surface area contributed by atoms with E-state index >= 15 is 0 Å². The Morgan fingerprint density at radius 2 is 0.580 bits per heavy atom. The van der Waals surface area contributed by atoms with Gasteiger partial charge in [0.05, 0.1) is 27.7 Å². The van der Waals surface area contributed by atoms with Gasteiger partial charge in [-0.3, -0.25) is 18.6 Å². The third-order valence-electron chi connectivity index (χ3n) is 18.3. The number of phosphoric ester groups is 1. The van der Waals surface area contributed by atoms with Gasteiger partial charge in [-0.15, -0.1) is 0 Å². The SMILES string of the molecule is CCCCCCCCCC/C=C\CCCCCCCCCCCCCCCCCCCC(=O)OC(COC(=O)CCCCCCCCCCCCCCCCCCCCCCCCCCCCCCCCCCCCC)COP(=O)(O)OCC[N+](C)(C)C. The largest absolute Gasteiger partial charge is 0.472 e. The van der Waals surface area contributed by atoms with Crippen LogP contribution >= 0.6 is 7.82 Å². The number of carbonyl (C=O) groups excluding carboxylic acids is 2. The Kier molecular flexibility index (Phi) is 69.1. The van der Waals surface area contributed by atoms with Gasteiger partial charge in [0.2, 0.25) is 0 Å². The highest BCUT2D eigenvalue weighted by Crippen LogP contribution is 2.43. The Morgan fingerprint density at radius 1 is 0.341 bits per heavy atom. The Hall–Kier alpha value is -1.25. The highest BCUT2D eigenvalue weighted by molar-refractivity contribution is 7.47. The van der Waals surface area contributed by atoms with Crippen LogP contribution in [0.5, 0.6) is 0 Å². The van der Waals surface area contributed by atoms with Crippen molar-refractivity contribution in [1.29, 1.82) is 0 Å². The molecule has 0 rings (SSSR count). The van der Waals surface area contributed by atoms with Crippen LogP contribution in [0.15, 0.2) is 12.2 Å². The Balaban J connectivity index is 3.90. The molecule has 0 aromatic carbocycles. The van der Waals surface area contributed by atoms with Crippen molar-refractivity contribution in [3.05, 3.63) is 12.2 Å². The molecule has 0 saturated carbocycles. The van der Waals surface area contributed by atoms with Crippen LogP contribution in [0.3, 0.4) is 0 Å². The lowest BCUT2D eigenvalue weighted by Gasteiger charge is -2.24. The average molecular weight is 1270 g/mol. The molecular formula is C78H155NO8P+. The van der Waals surface area contributed by atoms with Crippen LogP contribution in [0.1, 0.15) is 425 Å². The fourth-order valence-corrected chi connectivity index (χ4v) is 13.0. The van der Waals surface area contributed by atoms with Crippen LogP contribution in [-0.2, 0) is 32.7 Å². The van der Waals surface area contributed by atoms with Crippen LogP contribution in [0.4, 0.5) is 0 Å². The minimum Gasteiger partial charge on any atom is -0.462 e. The highest BCUT2D eigenvalue weighted by Gasteiger charge is 2.27. The first-order valence-corrected chi connectivity index (χ1v) is 40.9. The number of likely N-dealkylation sites (N-methyl/N-ethyl adjacent to an activating group) is 1. The molecular weight excluding hydrogens is 1110 g/mol. The molecule has 0 radical (unpaired) electrons. The molecule has 0 aliphatic carbocycles. The van der Waals surface area contributed by atoms with Crippen molar-refractivity contribution in [2.24, 2.45) is 0 Å². The maximum absolute atomic E-state index is 12.9. The fourth-order valence-electron chi connectivity index (χ4n) is 12.3. The van der Waals surface area contributed by atoms with E-state index in [0.717, 1.165) is 38.5 Å². The number of allylic oxidation sites excluding steroid dienone is 2. The van der Waals surface area contributed by atoms with E-state index in [1.165, 1.54) is 360 Å². The molecule has 0 bridgehead atoms. The van der Waals surface area contributed by atoms with Crippen molar-refractivity contribution in [3.63, 3.8) is 0 Å². The second-order valence-corrected chi connectivity index (χ2v) is 29.9. The van der Waals surface area contributed by atoms with Gasteiger partial charge < -0.3 is 18.9 Å². The molecule has 2 unspecified atom stereocenters. The quantitative estimate of drug-likeness (QED) is 0.0211. The molecule has 0 heterocycles. The van der Waals surface area contributed by atoms with E-state index < -0.39 is 26.5 Å². The fraction of sp³-hybridized carbons (Fsp3) is 0.949. The predicted molar refractivity (Wildman–Crippen MR) is 381 cm³/mol. The minimum atomic E-state index is -4.39. The van der Waals surface area contributed by atoms with Gasteiger partial charge in [0, 0.05) is 12.8 Å². The van der Waals surface area contributed by atoms with Gasteiger partial charge in [-0.1, -0.05) is 386 Å². The maximum atomic E-state index is 12.9. The number of esters is 2. The predicted octanol–water partition coefficient (Wildman–Crippen LogP) is 25.8. The molecule has 1 N–H and O–H groups in total. The Labute approximate surface area is 549 Å². The number of nitrogens with zero attached hydrogens (tertiary/aromatic N) is 1. The van der Waals surface area contributed by atoms with Gasteiger partial charge in [-0.05, 0) is 38.5 Å². The molecule has 88 heavy (non-hydrogen) atoms. The first-order chi connectivity index (χ1) is 43.0. The summed E-state index contributed by atoms with van der Waals surface area (Å²) >= 11 is 0. The van der Waals surface area contributed by atoms with Crippen molar-refractivity contribution in [2.75, 3.05) is 47.5 Å². The van der Waals surface area contributed by atoms with Crippen molar-refractivity contribution in [1.82, 2.24) is 0 Å². The van der Waals surface area contributed by atoms with Crippen LogP contribution < -0.4 is 0 Å². The molecule has 0 spiro atoms. The normalized spacial score (nSPS) is 13.0. The Bertz CT molecular complexity index is 1490. The molecule has 0 amide bonds. The number of hydrogen-bond donors (Lipinski definition) is 1. The molecule has 0 aromatic rings. The van der Waals surface area contributed by atoms with Gasteiger partial charge >= 0.3 is 19.8 Å². The lowest BCUT2D eigenvalue weighted by Crippen LogP contribution is -2.37. The van der Waals surface area contributed by atoms with Crippen molar-refractivity contribution in [2.45, 2.75) is 431 Å². The van der Waals surface area contributed by atoms with Gasteiger partial charge in [0.15, 0.2) is 6.10 Å². The number of phosphoric acid groups is 1. The minimum absolute atomic E-state index is 0.0366. The number of hydrogen-bond acceptors (Lipinski definition) is 7. The first-order valence-electron chi connectivity index (χ1n) is 39.4. The van der Waals surface area contributed by atoms with Gasteiger partial charge in [0.1, 0.15) is 19.8 Å². The summed E-state index contributed by atoms with van der Waals surface area (Å²) in [5.41, 5.74) is 0.